The average molecular weight is 363 g/mol. The molecule has 0 N–H and O–H groups in total. The first-order chi connectivity index (χ1) is 12.3. The SMILES string of the molecule is CCCCc1ccc(C2COC(C3CCC(/C=C/Cl)CC3)OC2)cc1. The van der Waals surface area contributed by atoms with Crippen molar-refractivity contribution in [3.63, 3.8) is 0 Å². The Balaban J connectivity index is 1.45. The van der Waals surface area contributed by atoms with E-state index in [1.54, 1.807) is 5.54 Å². The maximum absolute atomic E-state index is 6.11. The Hall–Kier alpha value is -0.830. The number of ether oxygens (including phenoxy) is 2. The fourth-order valence-electron chi connectivity index (χ4n) is 4.03. The quantitative estimate of drug-likeness (QED) is 0.613. The summed E-state index contributed by atoms with van der Waals surface area (Å²) in [7, 11) is 0. The Labute approximate surface area is 157 Å². The molecular weight excluding hydrogens is 332 g/mol. The number of aryl methyl sites for hydroxylation is 1. The van der Waals surface area contributed by atoms with Crippen LogP contribution >= 0.6 is 11.6 Å². The van der Waals surface area contributed by atoms with E-state index < -0.39 is 0 Å². The molecule has 1 aromatic rings. The molecule has 0 bridgehead atoms. The molecule has 1 aliphatic carbocycles. The highest BCUT2D eigenvalue weighted by Crippen LogP contribution is 2.35. The molecular formula is C22H31ClO2. The minimum Gasteiger partial charge on any atom is -0.352 e. The van der Waals surface area contributed by atoms with Gasteiger partial charge in [0, 0.05) is 17.4 Å². The number of rotatable bonds is 6. The zero-order valence-electron chi connectivity index (χ0n) is 15.3. The topological polar surface area (TPSA) is 18.5 Å². The van der Waals surface area contributed by atoms with Crippen LogP contribution in [0.15, 0.2) is 35.9 Å². The van der Waals surface area contributed by atoms with Gasteiger partial charge >= 0.3 is 0 Å². The van der Waals surface area contributed by atoms with Gasteiger partial charge < -0.3 is 9.47 Å². The predicted octanol–water partition coefficient (Wildman–Crippen LogP) is 6.04. The molecule has 3 heteroatoms. The summed E-state index contributed by atoms with van der Waals surface area (Å²) in [6.07, 6.45) is 10.5. The predicted molar refractivity (Wildman–Crippen MR) is 104 cm³/mol. The third kappa shape index (κ3) is 5.32. The van der Waals surface area contributed by atoms with Gasteiger partial charge in [-0.05, 0) is 55.6 Å². The molecule has 3 rings (SSSR count). The van der Waals surface area contributed by atoms with E-state index in [1.165, 1.54) is 56.1 Å². The van der Waals surface area contributed by atoms with Gasteiger partial charge in [-0.25, -0.2) is 0 Å². The van der Waals surface area contributed by atoms with E-state index >= 15 is 0 Å². The van der Waals surface area contributed by atoms with Crippen molar-refractivity contribution in [1.29, 1.82) is 0 Å². The second-order valence-electron chi connectivity index (χ2n) is 7.57. The van der Waals surface area contributed by atoms with Crippen LogP contribution in [0.3, 0.4) is 0 Å². The zero-order chi connectivity index (χ0) is 17.5. The summed E-state index contributed by atoms with van der Waals surface area (Å²) in [5.41, 5.74) is 4.44. The number of hydrogen-bond donors (Lipinski definition) is 0. The van der Waals surface area contributed by atoms with Crippen molar-refractivity contribution in [3.05, 3.63) is 47.0 Å². The first kappa shape index (κ1) is 18.9. The minimum absolute atomic E-state index is 0.0130. The minimum atomic E-state index is -0.0130. The second kappa shape index (κ2) is 9.75. The molecule has 25 heavy (non-hydrogen) atoms. The number of allylic oxidation sites excluding steroid dienone is 1. The third-order valence-corrected chi connectivity index (χ3v) is 5.89. The standard InChI is InChI=1S/C22H31ClO2/c1-2-3-4-17-5-9-19(10-6-17)21-15-24-22(25-16-21)20-11-7-18(8-12-20)13-14-23/h5-6,9-10,13-14,18,20-22H,2-4,7-8,11-12,15-16H2,1H3/b14-13+. The molecule has 1 aliphatic heterocycles. The van der Waals surface area contributed by atoms with Gasteiger partial charge in [-0.2, -0.15) is 0 Å². The summed E-state index contributed by atoms with van der Waals surface area (Å²) >= 11 is 5.70. The van der Waals surface area contributed by atoms with Crippen LogP contribution in [-0.2, 0) is 15.9 Å². The number of unbranched alkanes of at least 4 members (excludes halogenated alkanes) is 1. The summed E-state index contributed by atoms with van der Waals surface area (Å²) in [5, 5.41) is 0. The van der Waals surface area contributed by atoms with Crippen LogP contribution < -0.4 is 0 Å². The summed E-state index contributed by atoms with van der Waals surface area (Å²) in [6, 6.07) is 9.05. The van der Waals surface area contributed by atoms with E-state index in [2.05, 4.69) is 37.3 Å². The molecule has 138 valence electrons. The molecule has 2 nitrogen and oxygen atoms in total. The number of halogens is 1. The molecule has 1 heterocycles. The molecule has 0 amide bonds. The lowest BCUT2D eigenvalue weighted by Gasteiger charge is -2.37. The van der Waals surface area contributed by atoms with E-state index in [-0.39, 0.29) is 6.29 Å². The smallest absolute Gasteiger partial charge is 0.160 e. The van der Waals surface area contributed by atoms with Crippen molar-refractivity contribution in [2.24, 2.45) is 11.8 Å². The van der Waals surface area contributed by atoms with Crippen molar-refractivity contribution < 1.29 is 9.47 Å². The lowest BCUT2D eigenvalue weighted by Crippen LogP contribution is -2.37. The van der Waals surface area contributed by atoms with Crippen molar-refractivity contribution in [2.45, 2.75) is 64.1 Å². The van der Waals surface area contributed by atoms with Crippen molar-refractivity contribution in [1.82, 2.24) is 0 Å². The second-order valence-corrected chi connectivity index (χ2v) is 7.82. The summed E-state index contributed by atoms with van der Waals surface area (Å²) < 4.78 is 12.2. The van der Waals surface area contributed by atoms with E-state index in [4.69, 9.17) is 21.1 Å². The summed E-state index contributed by atoms with van der Waals surface area (Å²) in [6.45, 7) is 3.80. The number of hydrogen-bond acceptors (Lipinski definition) is 2. The van der Waals surface area contributed by atoms with Gasteiger partial charge in [-0.3, -0.25) is 0 Å². The largest absolute Gasteiger partial charge is 0.352 e. The average Bonchev–Trinajstić information content (AvgIpc) is 2.68. The molecule has 0 spiro atoms. The Bertz CT molecular complexity index is 523. The van der Waals surface area contributed by atoms with Crippen LogP contribution in [0.4, 0.5) is 0 Å². The van der Waals surface area contributed by atoms with Crippen LogP contribution in [0.1, 0.15) is 62.5 Å². The highest BCUT2D eigenvalue weighted by Gasteiger charge is 2.32. The van der Waals surface area contributed by atoms with Gasteiger partial charge in [0.05, 0.1) is 13.2 Å². The Morgan fingerprint density at radius 1 is 1.04 bits per heavy atom. The van der Waals surface area contributed by atoms with Gasteiger partial charge in [-0.1, -0.05) is 55.3 Å². The van der Waals surface area contributed by atoms with Gasteiger partial charge in [0.1, 0.15) is 0 Å². The maximum Gasteiger partial charge on any atom is 0.160 e. The fraction of sp³-hybridized carbons (Fsp3) is 0.636. The van der Waals surface area contributed by atoms with E-state index in [0.29, 0.717) is 17.8 Å². The van der Waals surface area contributed by atoms with Crippen LogP contribution in [0, 0.1) is 11.8 Å². The molecule has 1 saturated carbocycles. The first-order valence-corrected chi connectivity index (χ1v) is 10.3. The molecule has 0 radical (unpaired) electrons. The Morgan fingerprint density at radius 3 is 2.32 bits per heavy atom. The van der Waals surface area contributed by atoms with Crippen molar-refractivity contribution in [2.75, 3.05) is 13.2 Å². The highest BCUT2D eigenvalue weighted by atomic mass is 35.5. The molecule has 0 aromatic heterocycles. The van der Waals surface area contributed by atoms with Gasteiger partial charge in [0.2, 0.25) is 0 Å². The van der Waals surface area contributed by atoms with Gasteiger partial charge in [0.25, 0.3) is 0 Å². The van der Waals surface area contributed by atoms with Crippen LogP contribution in [0.5, 0.6) is 0 Å². The molecule has 2 fully saturated rings. The van der Waals surface area contributed by atoms with Gasteiger partial charge in [0.15, 0.2) is 6.29 Å². The normalized spacial score (nSPS) is 30.6. The fourth-order valence-corrected chi connectivity index (χ4v) is 4.24. The van der Waals surface area contributed by atoms with E-state index in [1.807, 2.05) is 0 Å². The highest BCUT2D eigenvalue weighted by molar-refractivity contribution is 6.25. The molecule has 0 unspecified atom stereocenters. The maximum atomic E-state index is 6.11. The van der Waals surface area contributed by atoms with E-state index in [9.17, 15) is 0 Å². The van der Waals surface area contributed by atoms with E-state index in [0.717, 1.165) is 13.2 Å². The Morgan fingerprint density at radius 2 is 1.72 bits per heavy atom. The van der Waals surface area contributed by atoms with Crippen molar-refractivity contribution in [3.8, 4) is 0 Å². The van der Waals surface area contributed by atoms with Crippen molar-refractivity contribution >= 4 is 11.6 Å². The molecule has 1 aromatic carbocycles. The summed E-state index contributed by atoms with van der Waals surface area (Å²) in [4.78, 5) is 0. The lowest BCUT2D eigenvalue weighted by atomic mass is 9.81. The number of benzene rings is 1. The molecule has 0 atom stereocenters. The van der Waals surface area contributed by atoms with Crippen LogP contribution in [-0.4, -0.2) is 19.5 Å². The molecule has 2 aliphatic rings. The molecule has 1 saturated heterocycles. The summed E-state index contributed by atoms with van der Waals surface area (Å²) in [5.74, 6) is 1.54. The Kier molecular flexibility index (Phi) is 7.39. The zero-order valence-corrected chi connectivity index (χ0v) is 16.1. The van der Waals surface area contributed by atoms with Crippen LogP contribution in [0.2, 0.25) is 0 Å². The monoisotopic (exact) mass is 362 g/mol. The lowest BCUT2D eigenvalue weighted by molar-refractivity contribution is -0.217. The van der Waals surface area contributed by atoms with Crippen LogP contribution in [0.25, 0.3) is 0 Å². The first-order valence-electron chi connectivity index (χ1n) is 9.89. The third-order valence-electron chi connectivity index (χ3n) is 5.74. The van der Waals surface area contributed by atoms with Gasteiger partial charge in [-0.15, -0.1) is 0 Å².